The van der Waals surface area contributed by atoms with E-state index in [1.165, 1.54) is 0 Å². The number of nitrogens with two attached hydrogens (primary N) is 1. The van der Waals surface area contributed by atoms with Crippen LogP contribution in [0.3, 0.4) is 0 Å². The Morgan fingerprint density at radius 1 is 1.23 bits per heavy atom. The summed E-state index contributed by atoms with van der Waals surface area (Å²) in [4.78, 5) is 2.44. The van der Waals surface area contributed by atoms with Crippen molar-refractivity contribution in [1.29, 1.82) is 0 Å². The van der Waals surface area contributed by atoms with Crippen LogP contribution < -0.4 is 5.73 Å². The van der Waals surface area contributed by atoms with Crippen LogP contribution in [0.25, 0.3) is 0 Å². The zero-order chi connectivity index (χ0) is 16.3. The van der Waals surface area contributed by atoms with E-state index in [0.717, 1.165) is 24.9 Å². The average molecular weight is 325 g/mol. The largest absolute Gasteiger partial charge is 0.328 e. The van der Waals surface area contributed by atoms with Gasteiger partial charge in [0.15, 0.2) is 0 Å². The van der Waals surface area contributed by atoms with Gasteiger partial charge >= 0.3 is 0 Å². The fourth-order valence-electron chi connectivity index (χ4n) is 2.92. The average Bonchev–Trinajstić information content (AvgIpc) is 2.47. The summed E-state index contributed by atoms with van der Waals surface area (Å²) >= 11 is 0. The summed E-state index contributed by atoms with van der Waals surface area (Å²) in [7, 11) is 0.609. The fourth-order valence-corrected chi connectivity index (χ4v) is 4.39. The highest BCUT2D eigenvalue weighted by Crippen LogP contribution is 2.25. The molecule has 0 aromatic heterocycles. The first-order chi connectivity index (χ1) is 10.3. The van der Waals surface area contributed by atoms with Gasteiger partial charge in [0.25, 0.3) is 0 Å². The second kappa shape index (κ2) is 7.08. The number of sulfonamides is 1. The van der Waals surface area contributed by atoms with E-state index in [2.05, 4.69) is 4.90 Å². The number of nitrogens with zero attached hydrogens (tertiary/aromatic N) is 2. The third-order valence-corrected chi connectivity index (χ3v) is 6.21. The van der Waals surface area contributed by atoms with Gasteiger partial charge in [0, 0.05) is 25.7 Å². The normalized spacial score (nSPS) is 19.5. The van der Waals surface area contributed by atoms with Crippen molar-refractivity contribution in [3.63, 3.8) is 0 Å². The molecule has 1 saturated heterocycles. The summed E-state index contributed by atoms with van der Waals surface area (Å²) in [6, 6.07) is 7.34. The highest BCUT2D eigenvalue weighted by Gasteiger charge is 2.30. The van der Waals surface area contributed by atoms with Crippen LogP contribution >= 0.6 is 0 Å². The highest BCUT2D eigenvalue weighted by molar-refractivity contribution is 7.89. The first-order valence-electron chi connectivity index (χ1n) is 7.80. The highest BCUT2D eigenvalue weighted by atomic mass is 32.2. The molecule has 0 amide bonds. The molecule has 0 bridgehead atoms. The predicted octanol–water partition coefficient (Wildman–Crippen LogP) is 1.50. The minimum atomic E-state index is -3.38. The van der Waals surface area contributed by atoms with E-state index < -0.39 is 10.0 Å². The standard InChI is InChI=1S/C16H27N3O2S/c1-13(17)15-8-10-19(11-9-15)22(20,21)16-6-4-14(5-7-16)12-18(2)3/h4-7,13,15H,8-12,17H2,1-3H3. The van der Waals surface area contributed by atoms with E-state index in [0.29, 0.717) is 23.9 Å². The number of rotatable bonds is 5. The van der Waals surface area contributed by atoms with Crippen LogP contribution in [0.15, 0.2) is 29.2 Å². The molecule has 124 valence electrons. The Morgan fingerprint density at radius 2 is 1.77 bits per heavy atom. The lowest BCUT2D eigenvalue weighted by Crippen LogP contribution is -2.42. The van der Waals surface area contributed by atoms with Crippen LogP contribution in [-0.4, -0.2) is 50.8 Å². The van der Waals surface area contributed by atoms with Crippen molar-refractivity contribution in [3.8, 4) is 0 Å². The van der Waals surface area contributed by atoms with Gasteiger partial charge < -0.3 is 10.6 Å². The third kappa shape index (κ3) is 4.07. The molecule has 1 aliphatic rings. The van der Waals surface area contributed by atoms with Gasteiger partial charge in [-0.05, 0) is 57.5 Å². The van der Waals surface area contributed by atoms with Crippen molar-refractivity contribution in [3.05, 3.63) is 29.8 Å². The van der Waals surface area contributed by atoms with Crippen molar-refractivity contribution >= 4 is 10.0 Å². The van der Waals surface area contributed by atoms with Gasteiger partial charge in [-0.2, -0.15) is 4.31 Å². The molecule has 1 fully saturated rings. The van der Waals surface area contributed by atoms with Crippen LogP contribution in [0, 0.1) is 5.92 Å². The molecular weight excluding hydrogens is 298 g/mol. The van der Waals surface area contributed by atoms with Crippen LogP contribution in [0.2, 0.25) is 0 Å². The number of hydrogen-bond donors (Lipinski definition) is 1. The van der Waals surface area contributed by atoms with Gasteiger partial charge in [-0.15, -0.1) is 0 Å². The SMILES string of the molecule is CC(N)C1CCN(S(=O)(=O)c2ccc(CN(C)C)cc2)CC1. The molecule has 0 spiro atoms. The van der Waals surface area contributed by atoms with E-state index >= 15 is 0 Å². The van der Waals surface area contributed by atoms with Crippen molar-refractivity contribution in [2.75, 3.05) is 27.2 Å². The number of hydrogen-bond acceptors (Lipinski definition) is 4. The van der Waals surface area contributed by atoms with Gasteiger partial charge in [-0.3, -0.25) is 0 Å². The van der Waals surface area contributed by atoms with Crippen molar-refractivity contribution in [1.82, 2.24) is 9.21 Å². The molecule has 1 aromatic carbocycles. The van der Waals surface area contributed by atoms with E-state index in [9.17, 15) is 8.42 Å². The maximum atomic E-state index is 12.7. The first-order valence-corrected chi connectivity index (χ1v) is 9.24. The molecule has 1 aromatic rings. The Bertz CT molecular complexity index is 574. The Kier molecular flexibility index (Phi) is 5.60. The summed E-state index contributed by atoms with van der Waals surface area (Å²) in [6.07, 6.45) is 1.69. The molecular formula is C16H27N3O2S. The van der Waals surface area contributed by atoms with Gasteiger partial charge in [-0.25, -0.2) is 8.42 Å². The topological polar surface area (TPSA) is 66.6 Å². The van der Waals surface area contributed by atoms with Crippen molar-refractivity contribution in [2.45, 2.75) is 37.2 Å². The molecule has 1 atom stereocenters. The molecule has 1 aliphatic heterocycles. The second-order valence-electron chi connectivity index (χ2n) is 6.48. The summed E-state index contributed by atoms with van der Waals surface area (Å²) in [6.45, 7) is 3.93. The smallest absolute Gasteiger partial charge is 0.243 e. The molecule has 0 radical (unpaired) electrons. The summed E-state index contributed by atoms with van der Waals surface area (Å²) in [5, 5.41) is 0. The Hall–Kier alpha value is -0.950. The maximum Gasteiger partial charge on any atom is 0.243 e. The number of piperidine rings is 1. The number of benzene rings is 1. The molecule has 0 aliphatic carbocycles. The van der Waals surface area contributed by atoms with E-state index in [1.54, 1.807) is 16.4 Å². The van der Waals surface area contributed by atoms with Gasteiger partial charge in [-0.1, -0.05) is 12.1 Å². The first kappa shape index (κ1) is 17.4. The summed E-state index contributed by atoms with van der Waals surface area (Å²) in [5.74, 6) is 0.425. The monoisotopic (exact) mass is 325 g/mol. The van der Waals surface area contributed by atoms with Crippen molar-refractivity contribution in [2.24, 2.45) is 11.7 Å². The van der Waals surface area contributed by atoms with Crippen LogP contribution in [0.4, 0.5) is 0 Å². The lowest BCUT2D eigenvalue weighted by Gasteiger charge is -2.32. The Morgan fingerprint density at radius 3 is 2.23 bits per heavy atom. The molecule has 0 saturated carbocycles. The van der Waals surface area contributed by atoms with E-state index in [1.807, 2.05) is 33.2 Å². The minimum absolute atomic E-state index is 0.134. The van der Waals surface area contributed by atoms with Crippen molar-refractivity contribution < 1.29 is 8.42 Å². The molecule has 1 unspecified atom stereocenters. The van der Waals surface area contributed by atoms with E-state index in [4.69, 9.17) is 5.73 Å². The summed E-state index contributed by atoms with van der Waals surface area (Å²) in [5.41, 5.74) is 7.03. The van der Waals surface area contributed by atoms with Crippen LogP contribution in [0.5, 0.6) is 0 Å². The van der Waals surface area contributed by atoms with E-state index in [-0.39, 0.29) is 6.04 Å². The molecule has 6 heteroatoms. The molecule has 2 rings (SSSR count). The fraction of sp³-hybridized carbons (Fsp3) is 0.625. The second-order valence-corrected chi connectivity index (χ2v) is 8.42. The third-order valence-electron chi connectivity index (χ3n) is 4.30. The lowest BCUT2D eigenvalue weighted by atomic mass is 9.92. The Labute approximate surface area is 134 Å². The minimum Gasteiger partial charge on any atom is -0.328 e. The predicted molar refractivity (Wildman–Crippen MR) is 89.0 cm³/mol. The molecule has 2 N–H and O–H groups in total. The van der Waals surface area contributed by atoms with Gasteiger partial charge in [0.1, 0.15) is 0 Å². The van der Waals surface area contributed by atoms with Crippen LogP contribution in [0.1, 0.15) is 25.3 Å². The zero-order valence-corrected chi connectivity index (χ0v) is 14.5. The molecule has 22 heavy (non-hydrogen) atoms. The molecule has 1 heterocycles. The Balaban J connectivity index is 2.07. The zero-order valence-electron chi connectivity index (χ0n) is 13.7. The quantitative estimate of drug-likeness (QED) is 0.891. The maximum absolute atomic E-state index is 12.7. The lowest BCUT2D eigenvalue weighted by molar-refractivity contribution is 0.250. The molecule has 5 nitrogen and oxygen atoms in total. The van der Waals surface area contributed by atoms with Gasteiger partial charge in [0.2, 0.25) is 10.0 Å². The summed E-state index contributed by atoms with van der Waals surface area (Å²) < 4.78 is 27.0. The van der Waals surface area contributed by atoms with Crippen LogP contribution in [-0.2, 0) is 16.6 Å². The van der Waals surface area contributed by atoms with Gasteiger partial charge in [0.05, 0.1) is 4.90 Å².